The fourth-order valence-corrected chi connectivity index (χ4v) is 7.51. The molecule has 41 heavy (non-hydrogen) atoms. The number of nitrogens with zero attached hydrogens (tertiary/aromatic N) is 3. The van der Waals surface area contributed by atoms with Gasteiger partial charge in [-0.2, -0.15) is 0 Å². The molecule has 0 radical (unpaired) electrons. The quantitative estimate of drug-likeness (QED) is 0.122. The Kier molecular flexibility index (Phi) is 9.33. The molecule has 0 bridgehead atoms. The molecule has 0 unspecified atom stereocenters. The predicted molar refractivity (Wildman–Crippen MR) is 169 cm³/mol. The Morgan fingerprint density at radius 1 is 0.683 bits per heavy atom. The van der Waals surface area contributed by atoms with Crippen LogP contribution < -0.4 is 10.9 Å². The molecule has 1 aliphatic rings. The van der Waals surface area contributed by atoms with Crippen molar-refractivity contribution in [3.05, 3.63) is 114 Å². The summed E-state index contributed by atoms with van der Waals surface area (Å²) in [6.45, 7) is 6.61. The topological polar surface area (TPSA) is 129 Å². The molecule has 0 saturated heterocycles. The maximum absolute atomic E-state index is 11.5. The second kappa shape index (κ2) is 12.7. The molecule has 0 aromatic heterocycles. The van der Waals surface area contributed by atoms with E-state index in [-0.39, 0.29) is 23.8 Å². The van der Waals surface area contributed by atoms with Gasteiger partial charge in [0.1, 0.15) is 0 Å². The van der Waals surface area contributed by atoms with Crippen LogP contribution in [0.5, 0.6) is 0 Å². The summed E-state index contributed by atoms with van der Waals surface area (Å²) >= 11 is 0. The summed E-state index contributed by atoms with van der Waals surface area (Å²) < 4.78 is 0. The van der Waals surface area contributed by atoms with Crippen molar-refractivity contribution in [2.24, 2.45) is 5.92 Å². The molecule has 0 aliphatic heterocycles. The van der Waals surface area contributed by atoms with E-state index < -0.39 is 22.0 Å². The molecule has 9 nitrogen and oxygen atoms in total. The van der Waals surface area contributed by atoms with E-state index in [0.717, 1.165) is 53.8 Å². The number of non-ortho nitro benzene ring substituents is 3. The first-order valence-electron chi connectivity index (χ1n) is 13.9. The second-order valence-electron chi connectivity index (χ2n) is 11.9. The Balaban J connectivity index is 2.05. The van der Waals surface area contributed by atoms with Gasteiger partial charge in [0.05, 0.1) is 0 Å². The van der Waals surface area contributed by atoms with Crippen LogP contribution in [0.4, 0.5) is 17.1 Å². The van der Waals surface area contributed by atoms with Gasteiger partial charge in [-0.15, -0.1) is 0 Å². The monoisotopic (exact) mass is 575 g/mol. The molecule has 0 heterocycles. The summed E-state index contributed by atoms with van der Waals surface area (Å²) in [7, 11) is -1.67. The molecule has 1 aliphatic carbocycles. The van der Waals surface area contributed by atoms with E-state index in [0.29, 0.717) is 5.92 Å². The van der Waals surface area contributed by atoms with Crippen molar-refractivity contribution in [2.45, 2.75) is 32.1 Å². The van der Waals surface area contributed by atoms with Crippen LogP contribution in [-0.2, 0) is 0 Å². The SMILES string of the molecule is C[PH](C)(C)C/C(=C(\B(c1ccc([N+](=O)[O-])cc1)c1ccc([N+](=O)[O-])cc1)c1ccc([N+](=O)[O-])cc1)C1CCCCC1. The van der Waals surface area contributed by atoms with Gasteiger partial charge in [0.2, 0.25) is 0 Å². The Morgan fingerprint density at radius 2 is 1.07 bits per heavy atom. The van der Waals surface area contributed by atoms with E-state index >= 15 is 0 Å². The van der Waals surface area contributed by atoms with Gasteiger partial charge in [0.25, 0.3) is 0 Å². The van der Waals surface area contributed by atoms with Gasteiger partial charge >= 0.3 is 241 Å². The number of hydrogen-bond donors (Lipinski definition) is 0. The molecule has 1 fully saturated rings. The average Bonchev–Trinajstić information content (AvgIpc) is 2.95. The van der Waals surface area contributed by atoms with Gasteiger partial charge in [-0.05, 0) is 0 Å². The van der Waals surface area contributed by atoms with Crippen LogP contribution in [0.1, 0.15) is 37.7 Å². The fourth-order valence-electron chi connectivity index (χ4n) is 5.88. The molecule has 1 saturated carbocycles. The third-order valence-electron chi connectivity index (χ3n) is 7.72. The van der Waals surface area contributed by atoms with Crippen molar-refractivity contribution in [2.75, 3.05) is 26.2 Å². The molecule has 3 aromatic rings. The maximum atomic E-state index is 11.5. The molecule has 0 atom stereocenters. The third kappa shape index (κ3) is 7.44. The van der Waals surface area contributed by atoms with E-state index in [9.17, 15) is 30.3 Å². The van der Waals surface area contributed by atoms with Crippen LogP contribution in [-0.4, -0.2) is 47.6 Å². The van der Waals surface area contributed by atoms with Crippen molar-refractivity contribution in [3.8, 4) is 0 Å². The summed E-state index contributed by atoms with van der Waals surface area (Å²) in [5.41, 5.74) is 4.83. The minimum absolute atomic E-state index is 0.000246. The number of hydrogen-bond acceptors (Lipinski definition) is 6. The van der Waals surface area contributed by atoms with E-state index in [2.05, 4.69) is 20.0 Å². The van der Waals surface area contributed by atoms with Crippen LogP contribution >= 0.6 is 7.26 Å². The number of benzene rings is 3. The minimum atomic E-state index is -1.67. The molecule has 0 spiro atoms. The zero-order valence-corrected chi connectivity index (χ0v) is 24.6. The molecule has 0 N–H and O–H groups in total. The molecule has 214 valence electrons. The van der Waals surface area contributed by atoms with Crippen molar-refractivity contribution < 1.29 is 14.8 Å². The van der Waals surface area contributed by atoms with Crippen LogP contribution in [0.2, 0.25) is 0 Å². The zero-order chi connectivity index (χ0) is 29.7. The number of nitro groups is 3. The first kappa shape index (κ1) is 30.1. The normalized spacial score (nSPS) is 15.1. The summed E-state index contributed by atoms with van der Waals surface area (Å²) in [6, 6.07) is 19.6. The number of allylic oxidation sites excluding steroid dienone is 1. The number of nitro benzene ring substituents is 3. The standard InChI is InChI=1S/C30H35BN3O6P/c1-41(2,3)21-29(22-7-5-4-6-8-22)30(23-9-15-26(16-10-23)32(35)36)31(24-11-17-27(18-12-24)33(37)38)25-13-19-28(20-14-25)34(39)40/h9-20,22,41H,4-8,21H2,1-3H3/b30-29+. The second-order valence-corrected chi connectivity index (χ2v) is 17.4. The Hall–Kier alpha value is -3.91. The fraction of sp³-hybridized carbons (Fsp3) is 0.333. The first-order valence-corrected chi connectivity index (χ1v) is 17.6. The third-order valence-corrected chi connectivity index (χ3v) is 9.16. The average molecular weight is 575 g/mol. The summed E-state index contributed by atoms with van der Waals surface area (Å²) in [4.78, 5) is 33.1. The van der Waals surface area contributed by atoms with E-state index in [1.165, 1.54) is 48.4 Å². The van der Waals surface area contributed by atoms with Crippen molar-refractivity contribution in [1.82, 2.24) is 0 Å². The Morgan fingerprint density at radius 3 is 1.44 bits per heavy atom. The Labute approximate surface area is 240 Å². The van der Waals surface area contributed by atoms with Gasteiger partial charge in [0, 0.05) is 0 Å². The molecule has 11 heteroatoms. The van der Waals surface area contributed by atoms with Crippen LogP contribution in [0, 0.1) is 36.3 Å². The van der Waals surface area contributed by atoms with Gasteiger partial charge in [-0.1, -0.05) is 0 Å². The molecule has 4 rings (SSSR count). The van der Waals surface area contributed by atoms with E-state index in [1.807, 2.05) is 0 Å². The van der Waals surface area contributed by atoms with Crippen molar-refractivity contribution in [3.63, 3.8) is 0 Å². The number of rotatable bonds is 10. The summed E-state index contributed by atoms with van der Waals surface area (Å²) in [5.74, 6) is 0.347. The van der Waals surface area contributed by atoms with Crippen LogP contribution in [0.3, 0.4) is 0 Å². The summed E-state index contributed by atoms with van der Waals surface area (Å²) in [6.07, 6.45) is 6.51. The first-order chi connectivity index (χ1) is 19.4. The molecular weight excluding hydrogens is 540 g/mol. The van der Waals surface area contributed by atoms with Crippen molar-refractivity contribution >= 4 is 47.4 Å². The van der Waals surface area contributed by atoms with Crippen LogP contribution in [0.15, 0.2) is 78.4 Å². The van der Waals surface area contributed by atoms with Crippen molar-refractivity contribution in [1.29, 1.82) is 0 Å². The molecular formula is C30H35BN3O6P. The predicted octanol–water partition coefficient (Wildman–Crippen LogP) is 6.23. The van der Waals surface area contributed by atoms with Gasteiger partial charge in [0.15, 0.2) is 0 Å². The van der Waals surface area contributed by atoms with Gasteiger partial charge in [-0.3, -0.25) is 0 Å². The van der Waals surface area contributed by atoms with E-state index in [1.54, 1.807) is 36.4 Å². The zero-order valence-electron chi connectivity index (χ0n) is 23.6. The van der Waals surface area contributed by atoms with Gasteiger partial charge < -0.3 is 0 Å². The van der Waals surface area contributed by atoms with Gasteiger partial charge in [-0.25, -0.2) is 0 Å². The van der Waals surface area contributed by atoms with E-state index in [4.69, 9.17) is 0 Å². The molecule has 3 aromatic carbocycles. The summed E-state index contributed by atoms with van der Waals surface area (Å²) in [5, 5.41) is 34.4. The molecule has 0 amide bonds. The van der Waals surface area contributed by atoms with Crippen LogP contribution in [0.25, 0.3) is 5.47 Å². The Bertz CT molecular complexity index is 1390.